The molecule has 166 valence electrons. The highest BCUT2D eigenvalue weighted by Crippen LogP contribution is 2.38. The first kappa shape index (κ1) is 21.9. The van der Waals surface area contributed by atoms with Crippen molar-refractivity contribution in [2.45, 2.75) is 39.2 Å². The van der Waals surface area contributed by atoms with Crippen LogP contribution in [0.25, 0.3) is 11.1 Å². The molecule has 3 aromatic carbocycles. The van der Waals surface area contributed by atoms with Crippen LogP contribution in [-0.4, -0.2) is 19.7 Å². The second-order valence-electron chi connectivity index (χ2n) is 8.46. The number of carbonyl (C=O) groups excluding carboxylic acids is 1. The van der Waals surface area contributed by atoms with Gasteiger partial charge in [0.1, 0.15) is 0 Å². The molecule has 1 aliphatic heterocycles. The van der Waals surface area contributed by atoms with Gasteiger partial charge in [-0.15, -0.1) is 0 Å². The van der Waals surface area contributed by atoms with E-state index in [1.807, 2.05) is 45.2 Å². The summed E-state index contributed by atoms with van der Waals surface area (Å²) in [5, 5.41) is 6.32. The standard InChI is InChI=1S/C27H30N2O3/c1-5-27(3,21-11-13-24-25(14-21)32-17-31-24)26(30)29-22-12-6-18(2)23(15-22)20-9-7-19(8-10-20)16-28-4/h6-15,28H,5,16-17H2,1-4H3,(H,29,30). The molecule has 0 aliphatic carbocycles. The Morgan fingerprint density at radius 1 is 1.00 bits per heavy atom. The Bertz CT molecular complexity index is 1120. The van der Waals surface area contributed by atoms with Crippen molar-refractivity contribution in [2.24, 2.45) is 0 Å². The molecular weight excluding hydrogens is 400 g/mol. The molecule has 1 heterocycles. The first-order valence-corrected chi connectivity index (χ1v) is 11.0. The van der Waals surface area contributed by atoms with Gasteiger partial charge in [-0.1, -0.05) is 43.3 Å². The largest absolute Gasteiger partial charge is 0.454 e. The third-order valence-corrected chi connectivity index (χ3v) is 6.36. The number of rotatable bonds is 7. The topological polar surface area (TPSA) is 59.6 Å². The van der Waals surface area contributed by atoms with Crippen molar-refractivity contribution < 1.29 is 14.3 Å². The van der Waals surface area contributed by atoms with Gasteiger partial charge < -0.3 is 20.1 Å². The SMILES string of the molecule is CCC(C)(C(=O)Nc1ccc(C)c(-c2ccc(CNC)cc2)c1)c1ccc2c(c1)OCO2. The number of aryl methyl sites for hydroxylation is 1. The second kappa shape index (κ2) is 9.05. The third-order valence-electron chi connectivity index (χ3n) is 6.36. The maximum absolute atomic E-state index is 13.4. The lowest BCUT2D eigenvalue weighted by Crippen LogP contribution is -2.37. The van der Waals surface area contributed by atoms with E-state index in [1.165, 1.54) is 11.1 Å². The van der Waals surface area contributed by atoms with Gasteiger partial charge in [-0.25, -0.2) is 0 Å². The molecule has 0 spiro atoms. The van der Waals surface area contributed by atoms with E-state index in [0.29, 0.717) is 12.2 Å². The maximum Gasteiger partial charge on any atom is 0.234 e. The molecule has 0 saturated heterocycles. The van der Waals surface area contributed by atoms with Gasteiger partial charge in [0.25, 0.3) is 0 Å². The average Bonchev–Trinajstić information content (AvgIpc) is 3.28. The molecule has 3 aromatic rings. The van der Waals surface area contributed by atoms with Crippen LogP contribution in [0.2, 0.25) is 0 Å². The number of fused-ring (bicyclic) bond motifs is 1. The lowest BCUT2D eigenvalue weighted by atomic mass is 9.79. The van der Waals surface area contributed by atoms with Crippen LogP contribution in [0.5, 0.6) is 11.5 Å². The average molecular weight is 431 g/mol. The summed E-state index contributed by atoms with van der Waals surface area (Å²) in [7, 11) is 1.94. The van der Waals surface area contributed by atoms with E-state index in [-0.39, 0.29) is 12.7 Å². The maximum atomic E-state index is 13.4. The molecule has 32 heavy (non-hydrogen) atoms. The quantitative estimate of drug-likeness (QED) is 0.526. The van der Waals surface area contributed by atoms with Crippen LogP contribution in [-0.2, 0) is 16.8 Å². The van der Waals surface area contributed by atoms with Crippen LogP contribution < -0.4 is 20.1 Å². The minimum Gasteiger partial charge on any atom is -0.454 e. The Balaban J connectivity index is 1.59. The molecule has 1 amide bonds. The van der Waals surface area contributed by atoms with E-state index in [1.54, 1.807) is 0 Å². The Morgan fingerprint density at radius 2 is 1.75 bits per heavy atom. The van der Waals surface area contributed by atoms with Crippen LogP contribution in [0.15, 0.2) is 60.7 Å². The van der Waals surface area contributed by atoms with Crippen molar-refractivity contribution in [1.29, 1.82) is 0 Å². The van der Waals surface area contributed by atoms with E-state index in [9.17, 15) is 4.79 Å². The first-order valence-electron chi connectivity index (χ1n) is 11.0. The van der Waals surface area contributed by atoms with Gasteiger partial charge in [-0.2, -0.15) is 0 Å². The Morgan fingerprint density at radius 3 is 2.47 bits per heavy atom. The third kappa shape index (κ3) is 4.21. The van der Waals surface area contributed by atoms with Crippen molar-refractivity contribution in [3.63, 3.8) is 0 Å². The molecule has 0 saturated carbocycles. The van der Waals surface area contributed by atoms with Crippen molar-refractivity contribution in [1.82, 2.24) is 5.32 Å². The highest BCUT2D eigenvalue weighted by molar-refractivity contribution is 5.99. The number of ether oxygens (including phenoxy) is 2. The van der Waals surface area contributed by atoms with Crippen molar-refractivity contribution >= 4 is 11.6 Å². The van der Waals surface area contributed by atoms with Gasteiger partial charge in [0.2, 0.25) is 12.7 Å². The van der Waals surface area contributed by atoms with Crippen LogP contribution in [0.4, 0.5) is 5.69 Å². The fourth-order valence-corrected chi connectivity index (χ4v) is 4.02. The molecule has 1 atom stereocenters. The summed E-state index contributed by atoms with van der Waals surface area (Å²) < 4.78 is 10.9. The number of amides is 1. The summed E-state index contributed by atoms with van der Waals surface area (Å²) >= 11 is 0. The number of hydrogen-bond donors (Lipinski definition) is 2. The zero-order valence-corrected chi connectivity index (χ0v) is 19.1. The summed E-state index contributed by atoms with van der Waals surface area (Å²) in [5.74, 6) is 1.36. The van der Waals surface area contributed by atoms with Crippen LogP contribution in [0, 0.1) is 6.92 Å². The van der Waals surface area contributed by atoms with Gasteiger partial charge in [0, 0.05) is 12.2 Å². The minimum atomic E-state index is -0.694. The normalized spacial score (nSPS) is 14.1. The van der Waals surface area contributed by atoms with Crippen molar-refractivity contribution in [2.75, 3.05) is 19.2 Å². The summed E-state index contributed by atoms with van der Waals surface area (Å²) in [6, 6.07) is 20.3. The van der Waals surface area contributed by atoms with Crippen LogP contribution >= 0.6 is 0 Å². The predicted molar refractivity (Wildman–Crippen MR) is 128 cm³/mol. The summed E-state index contributed by atoms with van der Waals surface area (Å²) in [5.41, 5.74) is 5.65. The van der Waals surface area contributed by atoms with E-state index in [0.717, 1.165) is 34.7 Å². The fraction of sp³-hybridized carbons (Fsp3) is 0.296. The highest BCUT2D eigenvalue weighted by Gasteiger charge is 2.34. The molecule has 0 radical (unpaired) electrons. The van der Waals surface area contributed by atoms with E-state index >= 15 is 0 Å². The fourth-order valence-electron chi connectivity index (χ4n) is 4.02. The molecule has 0 aromatic heterocycles. The van der Waals surface area contributed by atoms with E-state index < -0.39 is 5.41 Å². The molecular formula is C27H30N2O3. The Hall–Kier alpha value is -3.31. The number of nitrogens with one attached hydrogen (secondary N) is 2. The molecule has 0 fully saturated rings. The first-order chi connectivity index (χ1) is 15.4. The Labute approximate surface area is 189 Å². The highest BCUT2D eigenvalue weighted by atomic mass is 16.7. The lowest BCUT2D eigenvalue weighted by molar-refractivity contribution is -0.121. The van der Waals surface area contributed by atoms with E-state index in [2.05, 4.69) is 54.0 Å². The zero-order valence-electron chi connectivity index (χ0n) is 19.1. The summed E-state index contributed by atoms with van der Waals surface area (Å²) in [4.78, 5) is 13.4. The lowest BCUT2D eigenvalue weighted by Gasteiger charge is -2.28. The molecule has 2 N–H and O–H groups in total. The molecule has 0 bridgehead atoms. The minimum absolute atomic E-state index is 0.0435. The Kier molecular flexibility index (Phi) is 6.19. The van der Waals surface area contributed by atoms with Gasteiger partial charge in [0.15, 0.2) is 11.5 Å². The van der Waals surface area contributed by atoms with Gasteiger partial charge in [-0.3, -0.25) is 4.79 Å². The smallest absolute Gasteiger partial charge is 0.234 e. The molecule has 1 unspecified atom stereocenters. The molecule has 1 aliphatic rings. The number of benzene rings is 3. The van der Waals surface area contributed by atoms with E-state index in [4.69, 9.17) is 9.47 Å². The van der Waals surface area contributed by atoms with Crippen molar-refractivity contribution in [3.05, 3.63) is 77.4 Å². The molecule has 4 rings (SSSR count). The number of hydrogen-bond acceptors (Lipinski definition) is 4. The monoisotopic (exact) mass is 430 g/mol. The van der Waals surface area contributed by atoms with Gasteiger partial charge >= 0.3 is 0 Å². The van der Waals surface area contributed by atoms with Crippen LogP contribution in [0.3, 0.4) is 0 Å². The number of carbonyl (C=O) groups is 1. The van der Waals surface area contributed by atoms with Crippen LogP contribution in [0.1, 0.15) is 37.0 Å². The predicted octanol–water partition coefficient (Wildman–Crippen LogP) is 5.42. The summed E-state index contributed by atoms with van der Waals surface area (Å²) in [6.07, 6.45) is 0.657. The van der Waals surface area contributed by atoms with Gasteiger partial charge in [0.05, 0.1) is 5.41 Å². The molecule has 5 heteroatoms. The second-order valence-corrected chi connectivity index (χ2v) is 8.46. The van der Waals surface area contributed by atoms with Gasteiger partial charge in [-0.05, 0) is 79.4 Å². The number of anilines is 1. The zero-order chi connectivity index (χ0) is 22.7. The summed E-state index contributed by atoms with van der Waals surface area (Å²) in [6.45, 7) is 7.14. The molecule has 5 nitrogen and oxygen atoms in total. The van der Waals surface area contributed by atoms with Crippen molar-refractivity contribution in [3.8, 4) is 22.6 Å².